The van der Waals surface area contributed by atoms with Crippen LogP contribution in [0.2, 0.25) is 0 Å². The zero-order valence-corrected chi connectivity index (χ0v) is 10.2. The van der Waals surface area contributed by atoms with Gasteiger partial charge in [0.25, 0.3) is 0 Å². The van der Waals surface area contributed by atoms with Gasteiger partial charge in [0.15, 0.2) is 11.6 Å². The lowest BCUT2D eigenvalue weighted by Crippen LogP contribution is -2.23. The van der Waals surface area contributed by atoms with Gasteiger partial charge in [-0.3, -0.25) is 0 Å². The maximum absolute atomic E-state index is 5.86. The summed E-state index contributed by atoms with van der Waals surface area (Å²) in [4.78, 5) is 11.3. The Hall–Kier alpha value is -2.64. The zero-order valence-electron chi connectivity index (χ0n) is 10.2. The molecule has 0 aliphatic rings. The minimum absolute atomic E-state index is 0.241. The molecule has 2 rings (SSSR count). The van der Waals surface area contributed by atoms with Gasteiger partial charge in [0.05, 0.1) is 12.4 Å². The second-order valence-electron chi connectivity index (χ2n) is 3.69. The fourth-order valence-corrected chi connectivity index (χ4v) is 1.45. The van der Waals surface area contributed by atoms with E-state index in [1.165, 1.54) is 4.80 Å². The summed E-state index contributed by atoms with van der Waals surface area (Å²) < 4.78 is 0. The first-order chi connectivity index (χ1) is 8.50. The smallest absolute Gasteiger partial charge is 0.163 e. The van der Waals surface area contributed by atoms with Crippen LogP contribution in [0.15, 0.2) is 19.0 Å². The van der Waals surface area contributed by atoms with Crippen LogP contribution in [0.3, 0.4) is 0 Å². The summed E-state index contributed by atoms with van der Waals surface area (Å²) >= 11 is 0. The summed E-state index contributed by atoms with van der Waals surface area (Å²) in [6, 6.07) is 0. The molecule has 0 bridgehead atoms. The third-order valence-corrected chi connectivity index (χ3v) is 2.42. The summed E-state index contributed by atoms with van der Waals surface area (Å²) in [5.74, 6) is 1.75. The van der Waals surface area contributed by atoms with E-state index < -0.39 is 0 Å². The van der Waals surface area contributed by atoms with Crippen LogP contribution in [0, 0.1) is 6.92 Å². The standard InChI is InChI=1S/C10H14N8/c1-6-15-9(12)8(11)10(16-6)17(3)7(2)18-13-4-5-14-18/h4-5H,2,11H2,1,3H3,(H2,12,15,16). The van der Waals surface area contributed by atoms with Crippen LogP contribution in [0.4, 0.5) is 17.3 Å². The molecule has 0 atom stereocenters. The Bertz CT molecular complexity index is 574. The molecule has 0 saturated heterocycles. The molecule has 8 nitrogen and oxygen atoms in total. The fraction of sp³-hybridized carbons (Fsp3) is 0.200. The van der Waals surface area contributed by atoms with Crippen LogP contribution in [-0.4, -0.2) is 32.0 Å². The molecule has 2 aromatic heterocycles. The quantitative estimate of drug-likeness (QED) is 0.790. The third kappa shape index (κ3) is 1.95. The van der Waals surface area contributed by atoms with Crippen LogP contribution in [0.5, 0.6) is 0 Å². The average Bonchev–Trinajstić information content (AvgIpc) is 2.85. The number of aryl methyl sites for hydroxylation is 1. The molecular weight excluding hydrogens is 232 g/mol. The van der Waals surface area contributed by atoms with Gasteiger partial charge in [-0.15, -0.1) is 4.80 Å². The number of rotatable bonds is 3. The molecule has 4 N–H and O–H groups in total. The molecule has 0 spiro atoms. The SMILES string of the molecule is C=C(N(C)c1nc(C)nc(N)c1N)n1nccn1. The second-order valence-corrected chi connectivity index (χ2v) is 3.69. The molecule has 0 fully saturated rings. The Balaban J connectivity index is 2.40. The monoisotopic (exact) mass is 246 g/mol. The third-order valence-electron chi connectivity index (χ3n) is 2.42. The van der Waals surface area contributed by atoms with Crippen molar-refractivity contribution in [1.82, 2.24) is 25.0 Å². The molecule has 94 valence electrons. The Morgan fingerprint density at radius 1 is 1.28 bits per heavy atom. The Morgan fingerprint density at radius 2 is 1.89 bits per heavy atom. The summed E-state index contributed by atoms with van der Waals surface area (Å²) in [5, 5.41) is 7.97. The highest BCUT2D eigenvalue weighted by Crippen LogP contribution is 2.26. The zero-order chi connectivity index (χ0) is 13.3. The van der Waals surface area contributed by atoms with Crippen molar-refractivity contribution in [2.24, 2.45) is 0 Å². The predicted octanol–water partition coefficient (Wildman–Crippen LogP) is 0.106. The van der Waals surface area contributed by atoms with Crippen molar-refractivity contribution in [1.29, 1.82) is 0 Å². The first kappa shape index (κ1) is 11.8. The van der Waals surface area contributed by atoms with Gasteiger partial charge in [-0.05, 0) is 6.92 Å². The summed E-state index contributed by atoms with van der Waals surface area (Å²) in [6.07, 6.45) is 3.12. The molecule has 18 heavy (non-hydrogen) atoms. The van der Waals surface area contributed by atoms with E-state index in [0.29, 0.717) is 23.2 Å². The van der Waals surface area contributed by atoms with Crippen molar-refractivity contribution >= 4 is 23.1 Å². The van der Waals surface area contributed by atoms with Crippen LogP contribution in [0.1, 0.15) is 5.82 Å². The normalized spacial score (nSPS) is 10.3. The molecule has 0 aliphatic carbocycles. The molecule has 2 aromatic rings. The van der Waals surface area contributed by atoms with Gasteiger partial charge in [-0.2, -0.15) is 10.2 Å². The minimum Gasteiger partial charge on any atom is -0.393 e. The maximum atomic E-state index is 5.86. The molecule has 8 heteroatoms. The lowest BCUT2D eigenvalue weighted by atomic mass is 10.4. The lowest BCUT2D eigenvalue weighted by molar-refractivity contribution is 0.747. The van der Waals surface area contributed by atoms with Crippen molar-refractivity contribution in [3.05, 3.63) is 24.8 Å². The largest absolute Gasteiger partial charge is 0.393 e. The number of aromatic nitrogens is 5. The first-order valence-electron chi connectivity index (χ1n) is 5.19. The Labute approximate surface area is 104 Å². The van der Waals surface area contributed by atoms with Gasteiger partial charge in [-0.25, -0.2) is 9.97 Å². The Kier molecular flexibility index (Phi) is 2.84. The van der Waals surface area contributed by atoms with E-state index >= 15 is 0 Å². The molecule has 0 aliphatic heterocycles. The first-order valence-corrected chi connectivity index (χ1v) is 5.19. The van der Waals surface area contributed by atoms with E-state index in [1.807, 2.05) is 0 Å². The number of anilines is 3. The topological polar surface area (TPSA) is 112 Å². The fourth-order valence-electron chi connectivity index (χ4n) is 1.45. The average molecular weight is 246 g/mol. The van der Waals surface area contributed by atoms with E-state index in [0.717, 1.165) is 0 Å². The van der Waals surface area contributed by atoms with Crippen molar-refractivity contribution in [2.75, 3.05) is 23.4 Å². The number of nitrogens with zero attached hydrogens (tertiary/aromatic N) is 6. The maximum Gasteiger partial charge on any atom is 0.163 e. The van der Waals surface area contributed by atoms with Gasteiger partial charge in [0, 0.05) is 7.05 Å². The number of nitrogen functional groups attached to an aromatic ring is 2. The second kappa shape index (κ2) is 4.32. The highest BCUT2D eigenvalue weighted by Gasteiger charge is 2.15. The molecule has 0 radical (unpaired) electrons. The minimum atomic E-state index is 0.241. The van der Waals surface area contributed by atoms with Crippen LogP contribution >= 0.6 is 0 Å². The van der Waals surface area contributed by atoms with E-state index in [1.54, 1.807) is 31.3 Å². The van der Waals surface area contributed by atoms with Crippen molar-refractivity contribution in [3.63, 3.8) is 0 Å². The number of hydrogen-bond acceptors (Lipinski definition) is 7. The van der Waals surface area contributed by atoms with Gasteiger partial charge in [-0.1, -0.05) is 6.58 Å². The Morgan fingerprint density at radius 3 is 2.50 bits per heavy atom. The van der Waals surface area contributed by atoms with Crippen molar-refractivity contribution in [2.45, 2.75) is 6.92 Å². The van der Waals surface area contributed by atoms with Crippen molar-refractivity contribution in [3.8, 4) is 0 Å². The van der Waals surface area contributed by atoms with E-state index in [4.69, 9.17) is 11.5 Å². The van der Waals surface area contributed by atoms with Gasteiger partial charge in [0.1, 0.15) is 17.3 Å². The highest BCUT2D eigenvalue weighted by molar-refractivity contribution is 5.79. The number of nitrogens with two attached hydrogens (primary N) is 2. The van der Waals surface area contributed by atoms with Crippen molar-refractivity contribution < 1.29 is 0 Å². The van der Waals surface area contributed by atoms with Crippen LogP contribution in [0.25, 0.3) is 5.82 Å². The summed E-state index contributed by atoms with van der Waals surface area (Å²) in [7, 11) is 1.75. The van der Waals surface area contributed by atoms with E-state index in [9.17, 15) is 0 Å². The predicted molar refractivity (Wildman–Crippen MR) is 69.3 cm³/mol. The summed E-state index contributed by atoms with van der Waals surface area (Å²) in [6.45, 7) is 5.62. The van der Waals surface area contributed by atoms with Crippen LogP contribution < -0.4 is 16.4 Å². The molecular formula is C10H14N8. The van der Waals surface area contributed by atoms with Gasteiger partial charge < -0.3 is 16.4 Å². The molecule has 2 heterocycles. The van der Waals surface area contributed by atoms with E-state index in [-0.39, 0.29) is 5.82 Å². The van der Waals surface area contributed by atoms with Crippen LogP contribution in [-0.2, 0) is 0 Å². The van der Waals surface area contributed by atoms with Gasteiger partial charge >= 0.3 is 0 Å². The van der Waals surface area contributed by atoms with E-state index in [2.05, 4.69) is 26.7 Å². The highest BCUT2D eigenvalue weighted by atomic mass is 15.5. The molecule has 0 aromatic carbocycles. The molecule has 0 saturated carbocycles. The lowest BCUT2D eigenvalue weighted by Gasteiger charge is -2.21. The molecule has 0 unspecified atom stereocenters. The summed E-state index contributed by atoms with van der Waals surface area (Å²) in [5.41, 5.74) is 11.9. The number of hydrogen-bond donors (Lipinski definition) is 2. The van der Waals surface area contributed by atoms with Gasteiger partial charge in [0.2, 0.25) is 0 Å². The molecule has 0 amide bonds.